The number of nitrogens with one attached hydrogen (secondary N) is 1. The highest BCUT2D eigenvalue weighted by Gasteiger charge is 2.25. The number of amides is 2. The van der Waals surface area contributed by atoms with Crippen molar-refractivity contribution in [1.29, 1.82) is 0 Å². The fraction of sp³-hybridized carbons (Fsp3) is 0.364. The first-order valence-electron chi connectivity index (χ1n) is 10.3. The first kappa shape index (κ1) is 24.4. The molecule has 1 aliphatic heterocycles. The van der Waals surface area contributed by atoms with Crippen molar-refractivity contribution in [3.63, 3.8) is 0 Å². The van der Waals surface area contributed by atoms with Gasteiger partial charge in [-0.15, -0.1) is 0 Å². The Morgan fingerprint density at radius 1 is 1.03 bits per heavy atom. The number of hydrogen-bond acceptors (Lipinski definition) is 4. The lowest BCUT2D eigenvalue weighted by Gasteiger charge is -2.24. The Morgan fingerprint density at radius 2 is 1.69 bits per heavy atom. The van der Waals surface area contributed by atoms with Crippen LogP contribution in [-0.2, 0) is 14.8 Å². The van der Waals surface area contributed by atoms with E-state index in [-0.39, 0.29) is 21.6 Å². The number of halogens is 2. The van der Waals surface area contributed by atoms with Crippen LogP contribution in [0.3, 0.4) is 0 Å². The summed E-state index contributed by atoms with van der Waals surface area (Å²) in [7, 11) is -3.84. The first-order chi connectivity index (χ1) is 15.2. The summed E-state index contributed by atoms with van der Waals surface area (Å²) in [6.45, 7) is 0.831. The number of anilines is 2. The van der Waals surface area contributed by atoms with Gasteiger partial charge in [-0.1, -0.05) is 48.2 Å². The van der Waals surface area contributed by atoms with E-state index in [0.29, 0.717) is 24.3 Å². The van der Waals surface area contributed by atoms with E-state index in [1.54, 1.807) is 29.2 Å². The van der Waals surface area contributed by atoms with Crippen LogP contribution in [0.15, 0.2) is 42.5 Å². The van der Waals surface area contributed by atoms with Crippen LogP contribution in [0.2, 0.25) is 10.0 Å². The molecule has 0 bridgehead atoms. The predicted molar refractivity (Wildman–Crippen MR) is 128 cm³/mol. The topological polar surface area (TPSA) is 86.8 Å². The van der Waals surface area contributed by atoms with Crippen molar-refractivity contribution in [1.82, 2.24) is 4.90 Å². The summed E-state index contributed by atoms with van der Waals surface area (Å²) in [4.78, 5) is 27.7. The standard InChI is InChI=1S/C22H25Cl2N3O4S/c1-32(30,31)27(20-14-16(23)10-11-18(20)24)15-21(28)25-19-9-5-4-8-17(19)22(29)26-12-6-2-3-7-13-26/h4-5,8-11,14H,2-3,6-7,12-13,15H2,1H3,(H,25,28). The molecule has 10 heteroatoms. The van der Waals surface area contributed by atoms with E-state index in [0.717, 1.165) is 36.2 Å². The lowest BCUT2D eigenvalue weighted by atomic mass is 10.1. The molecule has 1 N–H and O–H groups in total. The average molecular weight is 498 g/mol. The van der Waals surface area contributed by atoms with Crippen LogP contribution in [0, 0.1) is 0 Å². The molecule has 1 heterocycles. The molecule has 0 radical (unpaired) electrons. The Labute approximate surface area is 198 Å². The molecule has 0 atom stereocenters. The number of carbonyl (C=O) groups is 2. The molecule has 0 aromatic heterocycles. The second-order valence-electron chi connectivity index (χ2n) is 7.67. The van der Waals surface area contributed by atoms with Gasteiger partial charge in [0.2, 0.25) is 15.9 Å². The van der Waals surface area contributed by atoms with Crippen LogP contribution < -0.4 is 9.62 Å². The summed E-state index contributed by atoms with van der Waals surface area (Å²) in [5.41, 5.74) is 0.803. The molecule has 0 spiro atoms. The van der Waals surface area contributed by atoms with Crippen molar-refractivity contribution in [2.45, 2.75) is 25.7 Å². The van der Waals surface area contributed by atoms with Crippen LogP contribution >= 0.6 is 23.2 Å². The highest BCUT2D eigenvalue weighted by Crippen LogP contribution is 2.30. The summed E-state index contributed by atoms with van der Waals surface area (Å²) in [6.07, 6.45) is 5.06. The number of likely N-dealkylation sites (tertiary alicyclic amines) is 1. The van der Waals surface area contributed by atoms with E-state index >= 15 is 0 Å². The van der Waals surface area contributed by atoms with Crippen LogP contribution in [0.25, 0.3) is 0 Å². The molecule has 1 aliphatic rings. The van der Waals surface area contributed by atoms with Gasteiger partial charge in [0.15, 0.2) is 0 Å². The lowest BCUT2D eigenvalue weighted by molar-refractivity contribution is -0.114. The molecule has 2 amide bonds. The molecule has 2 aromatic carbocycles. The fourth-order valence-corrected chi connectivity index (χ4v) is 4.90. The van der Waals surface area contributed by atoms with Crippen molar-refractivity contribution in [3.05, 3.63) is 58.1 Å². The van der Waals surface area contributed by atoms with Gasteiger partial charge in [-0.2, -0.15) is 0 Å². The number of para-hydroxylation sites is 1. The third-order valence-corrected chi connectivity index (χ3v) is 6.87. The Kier molecular flexibility index (Phi) is 8.03. The highest BCUT2D eigenvalue weighted by atomic mass is 35.5. The minimum absolute atomic E-state index is 0.103. The largest absolute Gasteiger partial charge is 0.339 e. The summed E-state index contributed by atoms with van der Waals surface area (Å²) in [6, 6.07) is 11.1. The second-order valence-corrected chi connectivity index (χ2v) is 10.4. The van der Waals surface area contributed by atoms with Crippen LogP contribution in [0.1, 0.15) is 36.0 Å². The Hall–Kier alpha value is -2.29. The third-order valence-electron chi connectivity index (χ3n) is 5.19. The molecule has 3 rings (SSSR count). The van der Waals surface area contributed by atoms with Gasteiger partial charge >= 0.3 is 0 Å². The van der Waals surface area contributed by atoms with E-state index in [4.69, 9.17) is 23.2 Å². The van der Waals surface area contributed by atoms with E-state index in [9.17, 15) is 18.0 Å². The Bertz CT molecular complexity index is 1100. The van der Waals surface area contributed by atoms with Crippen molar-refractivity contribution in [2.24, 2.45) is 0 Å². The molecule has 0 aliphatic carbocycles. The molecule has 0 saturated carbocycles. The van der Waals surface area contributed by atoms with Crippen molar-refractivity contribution >= 4 is 56.4 Å². The average Bonchev–Trinajstić information content (AvgIpc) is 3.03. The Balaban J connectivity index is 1.82. The monoisotopic (exact) mass is 497 g/mol. The molecule has 32 heavy (non-hydrogen) atoms. The molecule has 0 unspecified atom stereocenters. The molecule has 1 saturated heterocycles. The number of rotatable bonds is 6. The maximum atomic E-state index is 13.1. The number of sulfonamides is 1. The van der Waals surface area contributed by atoms with E-state index < -0.39 is 22.5 Å². The van der Waals surface area contributed by atoms with Crippen molar-refractivity contribution < 1.29 is 18.0 Å². The summed E-state index contributed by atoms with van der Waals surface area (Å²) in [5, 5.41) is 3.11. The summed E-state index contributed by atoms with van der Waals surface area (Å²) < 4.78 is 25.6. The van der Waals surface area contributed by atoms with Gasteiger partial charge in [0.05, 0.1) is 28.2 Å². The number of carbonyl (C=O) groups excluding carboxylic acids is 2. The SMILES string of the molecule is CS(=O)(=O)N(CC(=O)Nc1ccccc1C(=O)N1CCCCCC1)c1cc(Cl)ccc1Cl. The summed E-state index contributed by atoms with van der Waals surface area (Å²) in [5.74, 6) is -0.761. The van der Waals surface area contributed by atoms with Crippen molar-refractivity contribution in [3.8, 4) is 0 Å². The van der Waals surface area contributed by atoms with Gasteiger partial charge in [0, 0.05) is 18.1 Å². The maximum absolute atomic E-state index is 13.1. The molecule has 7 nitrogen and oxygen atoms in total. The van der Waals surface area contributed by atoms with Crippen LogP contribution in [-0.4, -0.2) is 51.0 Å². The van der Waals surface area contributed by atoms with Gasteiger partial charge in [-0.05, 0) is 43.2 Å². The number of benzene rings is 2. The zero-order valence-electron chi connectivity index (χ0n) is 17.7. The molecule has 172 valence electrons. The van der Waals surface area contributed by atoms with Gasteiger partial charge in [0.25, 0.3) is 5.91 Å². The number of hydrogen-bond donors (Lipinski definition) is 1. The molecule has 1 fully saturated rings. The van der Waals surface area contributed by atoms with E-state index in [1.807, 2.05) is 0 Å². The highest BCUT2D eigenvalue weighted by molar-refractivity contribution is 7.92. The molecular weight excluding hydrogens is 473 g/mol. The Morgan fingerprint density at radius 3 is 2.34 bits per heavy atom. The van der Waals surface area contributed by atoms with E-state index in [1.165, 1.54) is 18.2 Å². The summed E-state index contributed by atoms with van der Waals surface area (Å²) >= 11 is 12.2. The zero-order chi connectivity index (χ0) is 23.3. The smallest absolute Gasteiger partial charge is 0.255 e. The van der Waals surface area contributed by atoms with Gasteiger partial charge in [-0.25, -0.2) is 8.42 Å². The van der Waals surface area contributed by atoms with Crippen LogP contribution in [0.5, 0.6) is 0 Å². The third kappa shape index (κ3) is 6.15. The minimum Gasteiger partial charge on any atom is -0.339 e. The fourth-order valence-electron chi connectivity index (χ4n) is 3.60. The zero-order valence-corrected chi connectivity index (χ0v) is 20.0. The van der Waals surface area contributed by atoms with Crippen LogP contribution in [0.4, 0.5) is 11.4 Å². The molecular formula is C22H25Cl2N3O4S. The first-order valence-corrected chi connectivity index (χ1v) is 12.9. The van der Waals surface area contributed by atoms with Gasteiger partial charge in [0.1, 0.15) is 6.54 Å². The van der Waals surface area contributed by atoms with Gasteiger partial charge in [-0.3, -0.25) is 13.9 Å². The normalized spacial score (nSPS) is 14.5. The molecule has 2 aromatic rings. The lowest BCUT2D eigenvalue weighted by Crippen LogP contribution is -2.38. The predicted octanol–water partition coefficient (Wildman–Crippen LogP) is 4.41. The van der Waals surface area contributed by atoms with Gasteiger partial charge < -0.3 is 10.2 Å². The van der Waals surface area contributed by atoms with E-state index in [2.05, 4.69) is 5.32 Å². The number of nitrogens with zero attached hydrogens (tertiary/aromatic N) is 2. The quantitative estimate of drug-likeness (QED) is 0.639. The van der Waals surface area contributed by atoms with Crippen molar-refractivity contribution in [2.75, 3.05) is 35.5 Å². The minimum atomic E-state index is -3.84. The second kappa shape index (κ2) is 10.6. The maximum Gasteiger partial charge on any atom is 0.255 e.